The highest BCUT2D eigenvalue weighted by atomic mass is 16.5. The van der Waals surface area contributed by atoms with Gasteiger partial charge >= 0.3 is 0 Å². The van der Waals surface area contributed by atoms with E-state index in [9.17, 15) is 9.59 Å². The van der Waals surface area contributed by atoms with E-state index in [1.807, 2.05) is 86.6 Å². The molecule has 1 aliphatic heterocycles. The lowest BCUT2D eigenvalue weighted by Gasteiger charge is -2.44. The molecule has 0 bridgehead atoms. The van der Waals surface area contributed by atoms with Crippen LogP contribution in [-0.2, 0) is 24.3 Å². The molecule has 1 heterocycles. The normalized spacial score (nSPS) is 17.1. The Labute approximate surface area is 200 Å². The summed E-state index contributed by atoms with van der Waals surface area (Å²) in [5.41, 5.74) is 2.28. The first-order chi connectivity index (χ1) is 16.5. The lowest BCUT2D eigenvalue weighted by Crippen LogP contribution is -2.62. The quantitative estimate of drug-likeness (QED) is 0.544. The molecule has 0 fully saturated rings. The molecular weight excluding hydrogens is 428 g/mol. The molecule has 0 saturated carbocycles. The van der Waals surface area contributed by atoms with E-state index in [-0.39, 0.29) is 11.8 Å². The van der Waals surface area contributed by atoms with E-state index in [0.29, 0.717) is 37.4 Å². The van der Waals surface area contributed by atoms with Crippen molar-refractivity contribution in [1.82, 2.24) is 10.2 Å². The van der Waals surface area contributed by atoms with Gasteiger partial charge in [-0.05, 0) is 49.2 Å². The smallest absolute Gasteiger partial charge is 0.255 e. The predicted octanol–water partition coefficient (Wildman–Crippen LogP) is 4.37. The summed E-state index contributed by atoms with van der Waals surface area (Å²) in [6, 6.07) is 22.7. The van der Waals surface area contributed by atoms with Crippen molar-refractivity contribution in [2.45, 2.75) is 38.9 Å². The molecule has 34 heavy (non-hydrogen) atoms. The fraction of sp³-hybridized carbons (Fsp3) is 0.286. The molecule has 4 rings (SSSR count). The van der Waals surface area contributed by atoms with E-state index < -0.39 is 5.54 Å². The average Bonchev–Trinajstić information content (AvgIpc) is 2.86. The lowest BCUT2D eigenvalue weighted by atomic mass is 9.82. The number of methoxy groups -OCH3 is 1. The molecule has 0 unspecified atom stereocenters. The van der Waals surface area contributed by atoms with Crippen molar-refractivity contribution in [3.8, 4) is 11.5 Å². The molecule has 0 spiro atoms. The Kier molecular flexibility index (Phi) is 6.87. The molecule has 2 amide bonds. The summed E-state index contributed by atoms with van der Waals surface area (Å²) in [5.74, 6) is 1.14. The van der Waals surface area contributed by atoms with Crippen LogP contribution in [0.2, 0.25) is 0 Å². The monoisotopic (exact) mass is 458 g/mol. The molecule has 0 aromatic heterocycles. The summed E-state index contributed by atoms with van der Waals surface area (Å²) in [4.78, 5) is 28.9. The van der Waals surface area contributed by atoms with Gasteiger partial charge in [-0.1, -0.05) is 48.5 Å². The van der Waals surface area contributed by atoms with Gasteiger partial charge in [-0.25, -0.2) is 0 Å². The fourth-order valence-electron chi connectivity index (χ4n) is 4.42. The maximum absolute atomic E-state index is 13.6. The van der Waals surface area contributed by atoms with Gasteiger partial charge in [-0.2, -0.15) is 0 Å². The lowest BCUT2D eigenvalue weighted by molar-refractivity contribution is -0.132. The van der Waals surface area contributed by atoms with Crippen LogP contribution >= 0.6 is 0 Å². The van der Waals surface area contributed by atoms with E-state index in [1.165, 1.54) is 0 Å². The van der Waals surface area contributed by atoms with Crippen LogP contribution in [0.3, 0.4) is 0 Å². The molecule has 0 saturated heterocycles. The van der Waals surface area contributed by atoms with Crippen LogP contribution in [0.5, 0.6) is 11.5 Å². The number of hydrogen-bond donors (Lipinski definition) is 1. The molecule has 1 aliphatic rings. The predicted molar refractivity (Wildman–Crippen MR) is 131 cm³/mol. The van der Waals surface area contributed by atoms with Gasteiger partial charge in [0.05, 0.1) is 13.7 Å². The molecule has 0 aliphatic carbocycles. The van der Waals surface area contributed by atoms with Gasteiger partial charge in [0.1, 0.15) is 17.0 Å². The van der Waals surface area contributed by atoms with Crippen molar-refractivity contribution in [2.24, 2.45) is 0 Å². The number of rotatable bonds is 8. The van der Waals surface area contributed by atoms with E-state index in [4.69, 9.17) is 9.47 Å². The number of benzene rings is 3. The van der Waals surface area contributed by atoms with Gasteiger partial charge < -0.3 is 19.7 Å². The third kappa shape index (κ3) is 4.62. The first kappa shape index (κ1) is 23.4. The Balaban J connectivity index is 1.62. The second kappa shape index (κ2) is 10.00. The van der Waals surface area contributed by atoms with Crippen LogP contribution in [0.15, 0.2) is 72.8 Å². The van der Waals surface area contributed by atoms with Gasteiger partial charge in [-0.15, -0.1) is 0 Å². The van der Waals surface area contributed by atoms with Crippen molar-refractivity contribution in [1.29, 1.82) is 0 Å². The number of hydrogen-bond acceptors (Lipinski definition) is 4. The number of para-hydroxylation sites is 1. The number of fused-ring (bicyclic) bond motifs is 1. The second-order valence-electron chi connectivity index (χ2n) is 8.57. The summed E-state index contributed by atoms with van der Waals surface area (Å²) in [5, 5.41) is 3.04. The number of carbonyl (C=O) groups is 2. The minimum atomic E-state index is -1.05. The molecule has 176 valence electrons. The number of nitrogens with zero attached hydrogens (tertiary/aromatic N) is 1. The molecule has 1 atom stereocenters. The van der Waals surface area contributed by atoms with E-state index in [1.54, 1.807) is 12.0 Å². The van der Waals surface area contributed by atoms with Crippen LogP contribution in [0.4, 0.5) is 0 Å². The Hall–Kier alpha value is -3.80. The first-order valence-electron chi connectivity index (χ1n) is 11.5. The number of nitrogens with one attached hydrogen (secondary N) is 1. The van der Waals surface area contributed by atoms with Crippen LogP contribution in [0, 0.1) is 0 Å². The van der Waals surface area contributed by atoms with Crippen molar-refractivity contribution >= 4 is 11.8 Å². The third-order valence-corrected chi connectivity index (χ3v) is 6.32. The summed E-state index contributed by atoms with van der Waals surface area (Å²) >= 11 is 0. The summed E-state index contributed by atoms with van der Waals surface area (Å²) in [6.07, 6.45) is 0.434. The molecule has 1 N–H and O–H groups in total. The molecule has 6 heteroatoms. The first-order valence-corrected chi connectivity index (χ1v) is 11.5. The van der Waals surface area contributed by atoms with Gasteiger partial charge in [0, 0.05) is 30.6 Å². The maximum Gasteiger partial charge on any atom is 0.255 e. The van der Waals surface area contributed by atoms with E-state index in [0.717, 1.165) is 22.4 Å². The molecule has 6 nitrogen and oxygen atoms in total. The molecule has 3 aromatic rings. The second-order valence-corrected chi connectivity index (χ2v) is 8.57. The maximum atomic E-state index is 13.6. The number of carbonyl (C=O) groups excluding carboxylic acids is 2. The Morgan fingerprint density at radius 2 is 1.74 bits per heavy atom. The SMILES string of the molecule is CCOc1ccc(CN2C(=O)c3ccccc3C[C@]2(C)C(=O)NCc2ccccc2OC)cc1. The van der Waals surface area contributed by atoms with Crippen LogP contribution in [-0.4, -0.2) is 36.0 Å². The number of ether oxygens (including phenoxy) is 2. The fourth-order valence-corrected chi connectivity index (χ4v) is 4.42. The summed E-state index contributed by atoms with van der Waals surface area (Å²) < 4.78 is 10.9. The van der Waals surface area contributed by atoms with Crippen LogP contribution in [0.1, 0.15) is 40.9 Å². The molecule has 0 radical (unpaired) electrons. The molecular formula is C28H30N2O4. The summed E-state index contributed by atoms with van der Waals surface area (Å²) in [6.45, 7) is 4.99. The van der Waals surface area contributed by atoms with Crippen molar-refractivity contribution in [2.75, 3.05) is 13.7 Å². The average molecular weight is 459 g/mol. The largest absolute Gasteiger partial charge is 0.496 e. The van der Waals surface area contributed by atoms with Gasteiger partial charge in [0.15, 0.2) is 0 Å². The van der Waals surface area contributed by atoms with Gasteiger partial charge in [0.25, 0.3) is 5.91 Å². The minimum Gasteiger partial charge on any atom is -0.496 e. The summed E-state index contributed by atoms with van der Waals surface area (Å²) in [7, 11) is 1.61. The number of amides is 2. The van der Waals surface area contributed by atoms with E-state index >= 15 is 0 Å². The van der Waals surface area contributed by atoms with Crippen molar-refractivity contribution < 1.29 is 19.1 Å². The van der Waals surface area contributed by atoms with Crippen LogP contribution in [0.25, 0.3) is 0 Å². The third-order valence-electron chi connectivity index (χ3n) is 6.32. The zero-order valence-corrected chi connectivity index (χ0v) is 19.8. The highest BCUT2D eigenvalue weighted by molar-refractivity contribution is 6.02. The zero-order chi connectivity index (χ0) is 24.1. The van der Waals surface area contributed by atoms with Gasteiger partial charge in [0.2, 0.25) is 5.91 Å². The topological polar surface area (TPSA) is 67.9 Å². The molecule has 3 aromatic carbocycles. The minimum absolute atomic E-state index is 0.148. The Morgan fingerprint density at radius 3 is 2.47 bits per heavy atom. The van der Waals surface area contributed by atoms with Crippen LogP contribution < -0.4 is 14.8 Å². The Bertz CT molecular complexity index is 1180. The van der Waals surface area contributed by atoms with Crippen molar-refractivity contribution in [3.63, 3.8) is 0 Å². The van der Waals surface area contributed by atoms with Gasteiger partial charge in [-0.3, -0.25) is 9.59 Å². The highest BCUT2D eigenvalue weighted by Gasteiger charge is 2.46. The standard InChI is InChI=1S/C28H30N2O4/c1-4-34-23-15-13-20(14-16-23)19-30-26(31)24-11-7-5-9-21(24)17-28(30,2)27(32)29-18-22-10-6-8-12-25(22)33-3/h5-16H,4,17-19H2,1-3H3,(H,29,32)/t28-/m1/s1. The Morgan fingerprint density at radius 1 is 1.03 bits per heavy atom. The zero-order valence-electron chi connectivity index (χ0n) is 19.8. The highest BCUT2D eigenvalue weighted by Crippen LogP contribution is 2.33. The van der Waals surface area contributed by atoms with Crippen molar-refractivity contribution in [3.05, 3.63) is 95.1 Å². The van der Waals surface area contributed by atoms with E-state index in [2.05, 4.69) is 5.32 Å².